The normalized spacial score (nSPS) is 10.8. The predicted molar refractivity (Wildman–Crippen MR) is 86.7 cm³/mol. The van der Waals surface area contributed by atoms with E-state index in [0.29, 0.717) is 27.2 Å². The van der Waals surface area contributed by atoms with Crippen molar-refractivity contribution in [3.05, 3.63) is 50.9 Å². The topological polar surface area (TPSA) is 69.6 Å². The molecule has 106 valence electrons. The van der Waals surface area contributed by atoms with Crippen LogP contribution in [0.1, 0.15) is 0 Å². The molecule has 8 heteroatoms. The Hall–Kier alpha value is -1.63. The first-order valence-corrected chi connectivity index (χ1v) is 7.40. The summed E-state index contributed by atoms with van der Waals surface area (Å²) in [6, 6.07) is 10.7. The number of anilines is 1. The van der Waals surface area contributed by atoms with E-state index in [4.69, 9.17) is 28.9 Å². The Morgan fingerprint density at radius 1 is 1.10 bits per heavy atom. The zero-order valence-electron chi connectivity index (χ0n) is 10.5. The van der Waals surface area contributed by atoms with Crippen LogP contribution in [0.25, 0.3) is 17.1 Å². The van der Waals surface area contributed by atoms with Crippen molar-refractivity contribution in [3.8, 4) is 17.1 Å². The molecule has 0 atom stereocenters. The smallest absolute Gasteiger partial charge is 0.187 e. The van der Waals surface area contributed by atoms with Crippen LogP contribution in [-0.2, 0) is 0 Å². The lowest BCUT2D eigenvalue weighted by molar-refractivity contribution is 0.791. The molecule has 0 spiro atoms. The van der Waals surface area contributed by atoms with Gasteiger partial charge in [0.1, 0.15) is 5.69 Å². The number of nitrogen functional groups attached to an aromatic ring is 1. The molecular weight excluding hydrogens is 377 g/mol. The van der Waals surface area contributed by atoms with Crippen LogP contribution in [0.4, 0.5) is 5.69 Å². The van der Waals surface area contributed by atoms with Crippen LogP contribution in [0.15, 0.2) is 40.9 Å². The van der Waals surface area contributed by atoms with Gasteiger partial charge in [-0.3, -0.25) is 0 Å². The molecule has 5 nitrogen and oxygen atoms in total. The third-order valence-corrected chi connectivity index (χ3v) is 3.84. The van der Waals surface area contributed by atoms with Crippen molar-refractivity contribution < 1.29 is 0 Å². The summed E-state index contributed by atoms with van der Waals surface area (Å²) in [7, 11) is 0. The predicted octanol–water partition coefficient (Wildman–Crippen LogP) is 3.98. The van der Waals surface area contributed by atoms with Crippen LogP contribution in [0.5, 0.6) is 0 Å². The van der Waals surface area contributed by atoms with Gasteiger partial charge in [-0.25, -0.2) is 0 Å². The number of halogens is 3. The summed E-state index contributed by atoms with van der Waals surface area (Å²) >= 11 is 15.9. The Bertz CT molecular complexity index is 795. The highest BCUT2D eigenvalue weighted by molar-refractivity contribution is 9.10. The molecule has 0 bridgehead atoms. The van der Waals surface area contributed by atoms with Crippen LogP contribution in [0.2, 0.25) is 10.0 Å². The Labute approximate surface area is 138 Å². The van der Waals surface area contributed by atoms with E-state index in [2.05, 4.69) is 31.5 Å². The van der Waals surface area contributed by atoms with E-state index >= 15 is 0 Å². The zero-order chi connectivity index (χ0) is 15.0. The van der Waals surface area contributed by atoms with Crippen molar-refractivity contribution in [2.24, 2.45) is 0 Å². The summed E-state index contributed by atoms with van der Waals surface area (Å²) in [5, 5.41) is 12.6. The second-order valence-corrected chi connectivity index (χ2v) is 5.99. The van der Waals surface area contributed by atoms with Gasteiger partial charge in [0.2, 0.25) is 0 Å². The summed E-state index contributed by atoms with van der Waals surface area (Å²) in [4.78, 5) is 0. The molecule has 3 aromatic rings. The third kappa shape index (κ3) is 2.74. The van der Waals surface area contributed by atoms with E-state index < -0.39 is 0 Å². The highest BCUT2D eigenvalue weighted by Crippen LogP contribution is 2.34. The van der Waals surface area contributed by atoms with Gasteiger partial charge in [0.15, 0.2) is 5.82 Å². The average Bonchev–Trinajstić information content (AvgIpc) is 2.86. The van der Waals surface area contributed by atoms with Crippen LogP contribution < -0.4 is 5.73 Å². The van der Waals surface area contributed by atoms with Crippen LogP contribution >= 0.6 is 39.1 Å². The maximum atomic E-state index is 6.26. The quantitative estimate of drug-likeness (QED) is 0.678. The van der Waals surface area contributed by atoms with Gasteiger partial charge in [-0.2, -0.15) is 4.68 Å². The van der Waals surface area contributed by atoms with Crippen LogP contribution in [-0.4, -0.2) is 20.2 Å². The second kappa shape index (κ2) is 5.63. The van der Waals surface area contributed by atoms with Crippen molar-refractivity contribution in [2.75, 3.05) is 5.73 Å². The number of hydrogen-bond donors (Lipinski definition) is 1. The first kappa shape index (κ1) is 14.3. The van der Waals surface area contributed by atoms with Gasteiger partial charge >= 0.3 is 0 Å². The largest absolute Gasteiger partial charge is 0.399 e. The maximum absolute atomic E-state index is 6.26. The van der Waals surface area contributed by atoms with Gasteiger partial charge in [-0.1, -0.05) is 51.3 Å². The Kier molecular flexibility index (Phi) is 3.84. The highest BCUT2D eigenvalue weighted by atomic mass is 79.9. The molecule has 1 heterocycles. The molecule has 0 saturated carbocycles. The molecule has 0 radical (unpaired) electrons. The summed E-state index contributed by atoms with van der Waals surface area (Å²) in [6.45, 7) is 0. The molecule has 0 aliphatic heterocycles. The number of aromatic nitrogens is 4. The zero-order valence-corrected chi connectivity index (χ0v) is 13.6. The Balaban J connectivity index is 2.21. The summed E-state index contributed by atoms with van der Waals surface area (Å²) in [5.74, 6) is 0.508. The SMILES string of the molecule is Nc1cccc(-c2nnnn2-c2c(Cl)cc(Br)cc2Cl)c1. The minimum Gasteiger partial charge on any atom is -0.399 e. The number of nitrogens with two attached hydrogens (primary N) is 1. The monoisotopic (exact) mass is 383 g/mol. The molecule has 21 heavy (non-hydrogen) atoms. The number of hydrogen-bond acceptors (Lipinski definition) is 4. The maximum Gasteiger partial charge on any atom is 0.187 e. The molecule has 0 aliphatic carbocycles. The van der Waals surface area contributed by atoms with Crippen molar-refractivity contribution in [3.63, 3.8) is 0 Å². The van der Waals surface area contributed by atoms with E-state index in [1.54, 1.807) is 24.3 Å². The number of benzene rings is 2. The average molecular weight is 385 g/mol. The molecular formula is C13H8BrCl2N5. The van der Waals surface area contributed by atoms with Gasteiger partial charge < -0.3 is 5.73 Å². The van der Waals surface area contributed by atoms with E-state index in [1.807, 2.05) is 12.1 Å². The number of nitrogens with zero attached hydrogens (tertiary/aromatic N) is 4. The molecule has 2 aromatic carbocycles. The fourth-order valence-electron chi connectivity index (χ4n) is 1.93. The van der Waals surface area contributed by atoms with Crippen LogP contribution in [0, 0.1) is 0 Å². The van der Waals surface area contributed by atoms with E-state index in [-0.39, 0.29) is 0 Å². The van der Waals surface area contributed by atoms with Crippen molar-refractivity contribution in [2.45, 2.75) is 0 Å². The molecule has 0 unspecified atom stereocenters. The minimum absolute atomic E-state index is 0.437. The molecule has 1 aromatic heterocycles. The summed E-state index contributed by atoms with van der Waals surface area (Å²) < 4.78 is 2.27. The van der Waals surface area contributed by atoms with Gasteiger partial charge in [-0.15, -0.1) is 5.10 Å². The lowest BCUT2D eigenvalue weighted by Crippen LogP contribution is -2.02. The summed E-state index contributed by atoms with van der Waals surface area (Å²) in [5.41, 5.74) is 7.71. The Morgan fingerprint density at radius 2 is 1.81 bits per heavy atom. The highest BCUT2D eigenvalue weighted by Gasteiger charge is 2.17. The molecule has 0 amide bonds. The third-order valence-electron chi connectivity index (χ3n) is 2.81. The van der Waals surface area contributed by atoms with E-state index in [9.17, 15) is 0 Å². The van der Waals surface area contributed by atoms with Gasteiger partial charge in [-0.05, 0) is 34.7 Å². The molecule has 0 saturated heterocycles. The van der Waals surface area contributed by atoms with Crippen molar-refractivity contribution in [1.29, 1.82) is 0 Å². The second-order valence-electron chi connectivity index (χ2n) is 4.26. The number of rotatable bonds is 2. The first-order valence-electron chi connectivity index (χ1n) is 5.85. The van der Waals surface area contributed by atoms with Gasteiger partial charge in [0.25, 0.3) is 0 Å². The fourth-order valence-corrected chi connectivity index (χ4v) is 3.30. The van der Waals surface area contributed by atoms with Gasteiger partial charge in [0.05, 0.1) is 10.0 Å². The Morgan fingerprint density at radius 3 is 2.48 bits per heavy atom. The lowest BCUT2D eigenvalue weighted by atomic mass is 10.2. The van der Waals surface area contributed by atoms with Crippen LogP contribution in [0.3, 0.4) is 0 Å². The van der Waals surface area contributed by atoms with Crippen molar-refractivity contribution >= 4 is 44.8 Å². The van der Waals surface area contributed by atoms with E-state index in [0.717, 1.165) is 10.0 Å². The first-order chi connectivity index (χ1) is 10.1. The summed E-state index contributed by atoms with van der Waals surface area (Å²) in [6.07, 6.45) is 0. The lowest BCUT2D eigenvalue weighted by Gasteiger charge is -2.09. The minimum atomic E-state index is 0.437. The van der Waals surface area contributed by atoms with E-state index in [1.165, 1.54) is 4.68 Å². The molecule has 3 rings (SSSR count). The van der Waals surface area contributed by atoms with Gasteiger partial charge in [0, 0.05) is 15.7 Å². The fraction of sp³-hybridized carbons (Fsp3) is 0. The molecule has 2 N–H and O–H groups in total. The number of tetrazole rings is 1. The molecule has 0 aliphatic rings. The molecule has 0 fully saturated rings. The van der Waals surface area contributed by atoms with Crippen molar-refractivity contribution in [1.82, 2.24) is 20.2 Å². The standard InChI is InChI=1S/C13H8BrCl2N5/c14-8-5-10(15)12(11(16)6-8)21-13(18-19-20-21)7-2-1-3-9(17)4-7/h1-6H,17H2.